The highest BCUT2D eigenvalue weighted by Crippen LogP contribution is 2.27. The molecule has 24 heavy (non-hydrogen) atoms. The van der Waals surface area contributed by atoms with E-state index in [4.69, 9.17) is 9.47 Å². The molecule has 1 atom stereocenters. The average molecular weight is 333 g/mol. The third kappa shape index (κ3) is 4.56. The van der Waals surface area contributed by atoms with Gasteiger partial charge in [-0.2, -0.15) is 0 Å². The van der Waals surface area contributed by atoms with Crippen LogP contribution in [0.4, 0.5) is 4.79 Å². The summed E-state index contributed by atoms with van der Waals surface area (Å²) < 4.78 is 10.2. The van der Waals surface area contributed by atoms with E-state index in [2.05, 4.69) is 16.0 Å². The zero-order valence-corrected chi connectivity index (χ0v) is 13.9. The van der Waals surface area contributed by atoms with E-state index >= 15 is 0 Å². The van der Waals surface area contributed by atoms with Gasteiger partial charge < -0.3 is 25.4 Å². The number of rotatable bonds is 8. The lowest BCUT2D eigenvalue weighted by Gasteiger charge is -2.29. The molecular weight excluding hydrogens is 310 g/mol. The third-order valence-electron chi connectivity index (χ3n) is 3.57. The highest BCUT2D eigenvalue weighted by atomic mass is 16.5. The van der Waals surface area contributed by atoms with Crippen LogP contribution in [0.1, 0.15) is 18.5 Å². The van der Waals surface area contributed by atoms with Crippen LogP contribution in [0.5, 0.6) is 0 Å². The number of benzene rings is 1. The van der Waals surface area contributed by atoms with Crippen molar-refractivity contribution in [1.82, 2.24) is 16.0 Å². The lowest BCUT2D eigenvalue weighted by Crippen LogP contribution is -2.48. The fraction of sp³-hybridized carbons (Fsp3) is 0.412. The second-order valence-corrected chi connectivity index (χ2v) is 5.22. The van der Waals surface area contributed by atoms with Gasteiger partial charge in [0.05, 0.1) is 24.8 Å². The summed E-state index contributed by atoms with van der Waals surface area (Å²) in [6, 6.07) is 8.45. The number of urea groups is 1. The molecule has 0 aromatic heterocycles. The van der Waals surface area contributed by atoms with Crippen LogP contribution in [-0.4, -0.2) is 45.4 Å². The van der Waals surface area contributed by atoms with Crippen LogP contribution >= 0.6 is 0 Å². The predicted molar refractivity (Wildman–Crippen MR) is 89.3 cm³/mol. The molecule has 7 nitrogen and oxygen atoms in total. The molecule has 3 N–H and O–H groups in total. The fourth-order valence-corrected chi connectivity index (χ4v) is 2.49. The van der Waals surface area contributed by atoms with E-state index in [0.717, 1.165) is 5.56 Å². The molecule has 130 valence electrons. The Labute approximate surface area is 141 Å². The van der Waals surface area contributed by atoms with Crippen molar-refractivity contribution in [3.05, 3.63) is 47.2 Å². The van der Waals surface area contributed by atoms with E-state index in [1.165, 1.54) is 0 Å². The van der Waals surface area contributed by atoms with E-state index in [9.17, 15) is 9.59 Å². The van der Waals surface area contributed by atoms with E-state index in [1.807, 2.05) is 30.3 Å². The normalized spacial score (nSPS) is 17.2. The zero-order valence-electron chi connectivity index (χ0n) is 13.9. The van der Waals surface area contributed by atoms with Crippen LogP contribution in [0.25, 0.3) is 0 Å². The maximum Gasteiger partial charge on any atom is 0.338 e. The third-order valence-corrected chi connectivity index (χ3v) is 3.57. The number of carbonyl (C=O) groups excluding carboxylic acids is 2. The van der Waals surface area contributed by atoms with E-state index < -0.39 is 12.0 Å². The second-order valence-electron chi connectivity index (χ2n) is 5.22. The van der Waals surface area contributed by atoms with E-state index in [1.54, 1.807) is 14.0 Å². The molecule has 1 heterocycles. The second kappa shape index (κ2) is 9.05. The molecule has 0 unspecified atom stereocenters. The largest absolute Gasteiger partial charge is 0.463 e. The molecule has 1 aliphatic rings. The quantitative estimate of drug-likeness (QED) is 0.490. The van der Waals surface area contributed by atoms with Crippen LogP contribution in [0.3, 0.4) is 0 Å². The molecule has 0 saturated heterocycles. The Kier molecular flexibility index (Phi) is 6.77. The minimum atomic E-state index is -0.543. The van der Waals surface area contributed by atoms with Crippen molar-refractivity contribution < 1.29 is 19.1 Å². The number of methoxy groups -OCH3 is 1. The van der Waals surface area contributed by atoms with Crippen LogP contribution in [0, 0.1) is 0 Å². The highest BCUT2D eigenvalue weighted by molar-refractivity contribution is 5.95. The Morgan fingerprint density at radius 3 is 2.71 bits per heavy atom. The van der Waals surface area contributed by atoms with Gasteiger partial charge in [0.1, 0.15) is 0 Å². The first-order valence-corrected chi connectivity index (χ1v) is 7.89. The smallest absolute Gasteiger partial charge is 0.338 e. The van der Waals surface area contributed by atoms with Crippen molar-refractivity contribution in [3.63, 3.8) is 0 Å². The fourth-order valence-electron chi connectivity index (χ4n) is 2.49. The first-order chi connectivity index (χ1) is 11.7. The Bertz CT molecular complexity index is 601. The van der Waals surface area contributed by atoms with Gasteiger partial charge in [0.25, 0.3) is 0 Å². The highest BCUT2D eigenvalue weighted by Gasteiger charge is 2.33. The van der Waals surface area contributed by atoms with Crippen molar-refractivity contribution >= 4 is 12.0 Å². The molecule has 0 saturated carbocycles. The van der Waals surface area contributed by atoms with Crippen molar-refractivity contribution in [2.24, 2.45) is 0 Å². The van der Waals surface area contributed by atoms with Crippen molar-refractivity contribution in [3.8, 4) is 0 Å². The zero-order chi connectivity index (χ0) is 17.4. The summed E-state index contributed by atoms with van der Waals surface area (Å²) in [5.41, 5.74) is 1.75. The minimum absolute atomic E-state index is 0.266. The van der Waals surface area contributed by atoms with Crippen molar-refractivity contribution in [1.29, 1.82) is 0 Å². The topological polar surface area (TPSA) is 88.7 Å². The summed E-state index contributed by atoms with van der Waals surface area (Å²) in [6.07, 6.45) is 0. The molecule has 0 bridgehead atoms. The molecule has 0 spiro atoms. The number of esters is 1. The molecule has 1 aliphatic heterocycles. The van der Waals surface area contributed by atoms with Crippen molar-refractivity contribution in [2.45, 2.75) is 13.0 Å². The summed E-state index contributed by atoms with van der Waals surface area (Å²) in [7, 11) is 1.61. The number of amides is 2. The van der Waals surface area contributed by atoms with Gasteiger partial charge in [-0.25, -0.2) is 9.59 Å². The number of carbonyl (C=O) groups is 2. The number of hydrogen-bond donors (Lipinski definition) is 3. The van der Waals surface area contributed by atoms with Gasteiger partial charge in [0.2, 0.25) is 0 Å². The van der Waals surface area contributed by atoms with Crippen LogP contribution in [0.15, 0.2) is 41.6 Å². The number of nitrogens with one attached hydrogen (secondary N) is 3. The Morgan fingerprint density at radius 2 is 2.04 bits per heavy atom. The molecular formula is C17H23N3O4. The van der Waals surface area contributed by atoms with Gasteiger partial charge in [-0.1, -0.05) is 30.3 Å². The molecule has 0 aliphatic carbocycles. The molecule has 2 amide bonds. The standard InChI is InChI=1S/C17H23N3O4/c1-3-24-16(21)14-13(11-18-9-10-23-2)19-17(22)20-15(14)12-7-5-4-6-8-12/h4-8,15,18H,3,9-11H2,1-2H3,(H2,19,20,22)/t15-/m1/s1. The monoisotopic (exact) mass is 333 g/mol. The van der Waals surface area contributed by atoms with Gasteiger partial charge in [0.15, 0.2) is 0 Å². The summed E-state index contributed by atoms with van der Waals surface area (Å²) >= 11 is 0. The Morgan fingerprint density at radius 1 is 1.29 bits per heavy atom. The summed E-state index contributed by atoms with van der Waals surface area (Å²) in [4.78, 5) is 24.5. The Balaban J connectivity index is 2.32. The van der Waals surface area contributed by atoms with Gasteiger partial charge in [-0.3, -0.25) is 0 Å². The molecule has 1 aromatic carbocycles. The van der Waals surface area contributed by atoms with Gasteiger partial charge >= 0.3 is 12.0 Å². The molecule has 2 rings (SSSR count). The van der Waals surface area contributed by atoms with Gasteiger partial charge in [-0.15, -0.1) is 0 Å². The number of hydrogen-bond acceptors (Lipinski definition) is 5. The minimum Gasteiger partial charge on any atom is -0.463 e. The SMILES string of the molecule is CCOC(=O)C1=C(CNCCOC)NC(=O)N[C@@H]1c1ccccc1. The average Bonchev–Trinajstić information content (AvgIpc) is 2.59. The number of ether oxygens (including phenoxy) is 2. The molecule has 0 fully saturated rings. The van der Waals surface area contributed by atoms with E-state index in [0.29, 0.717) is 31.0 Å². The maximum absolute atomic E-state index is 12.5. The lowest BCUT2D eigenvalue weighted by molar-refractivity contribution is -0.139. The maximum atomic E-state index is 12.5. The summed E-state index contributed by atoms with van der Waals surface area (Å²) in [5, 5.41) is 8.64. The van der Waals surface area contributed by atoms with Crippen LogP contribution in [0.2, 0.25) is 0 Å². The van der Waals surface area contributed by atoms with Gasteiger partial charge in [0, 0.05) is 25.9 Å². The first kappa shape index (κ1) is 18.0. The predicted octanol–water partition coefficient (Wildman–Crippen LogP) is 1.09. The summed E-state index contributed by atoms with van der Waals surface area (Å²) in [5.74, 6) is -0.442. The van der Waals surface area contributed by atoms with E-state index in [-0.39, 0.29) is 12.6 Å². The van der Waals surface area contributed by atoms with Crippen LogP contribution in [-0.2, 0) is 14.3 Å². The molecule has 7 heteroatoms. The summed E-state index contributed by atoms with van der Waals surface area (Å²) in [6.45, 7) is 3.50. The van der Waals surface area contributed by atoms with Gasteiger partial charge in [-0.05, 0) is 12.5 Å². The molecule has 0 radical (unpaired) electrons. The van der Waals surface area contributed by atoms with Crippen LogP contribution < -0.4 is 16.0 Å². The first-order valence-electron chi connectivity index (χ1n) is 7.89. The Hall–Kier alpha value is -2.38. The lowest BCUT2D eigenvalue weighted by atomic mass is 9.95. The van der Waals surface area contributed by atoms with Crippen molar-refractivity contribution in [2.75, 3.05) is 33.4 Å². The molecule has 1 aromatic rings.